The minimum atomic E-state index is 0.0730. The van der Waals surface area contributed by atoms with Crippen molar-refractivity contribution in [3.63, 3.8) is 0 Å². The van der Waals surface area contributed by atoms with Crippen molar-refractivity contribution in [3.05, 3.63) is 0 Å². The Balaban J connectivity index is 1.39. The van der Waals surface area contributed by atoms with Gasteiger partial charge in [-0.15, -0.1) is 0 Å². The summed E-state index contributed by atoms with van der Waals surface area (Å²) >= 11 is 0. The van der Waals surface area contributed by atoms with Crippen LogP contribution in [0.2, 0.25) is 0 Å². The molecule has 3 aliphatic rings. The molecule has 1 aliphatic carbocycles. The monoisotopic (exact) mass is 265 g/mol. The lowest BCUT2D eigenvalue weighted by molar-refractivity contribution is -0.123. The van der Waals surface area contributed by atoms with Crippen molar-refractivity contribution in [1.82, 2.24) is 15.5 Å². The van der Waals surface area contributed by atoms with Crippen LogP contribution in [0.3, 0.4) is 0 Å². The normalized spacial score (nSPS) is 33.1. The first-order chi connectivity index (χ1) is 9.31. The fraction of sp³-hybridized carbons (Fsp3) is 0.933. The summed E-state index contributed by atoms with van der Waals surface area (Å²) in [5.41, 5.74) is 0. The highest BCUT2D eigenvalue weighted by molar-refractivity contribution is 5.82. The molecule has 0 aromatic carbocycles. The van der Waals surface area contributed by atoms with Gasteiger partial charge in [0.25, 0.3) is 0 Å². The van der Waals surface area contributed by atoms with Gasteiger partial charge in [-0.3, -0.25) is 4.79 Å². The van der Waals surface area contributed by atoms with Gasteiger partial charge in [-0.1, -0.05) is 12.8 Å². The highest BCUT2D eigenvalue weighted by atomic mass is 16.2. The van der Waals surface area contributed by atoms with Crippen LogP contribution in [0.15, 0.2) is 0 Å². The van der Waals surface area contributed by atoms with Crippen LogP contribution in [0.4, 0.5) is 0 Å². The fourth-order valence-corrected chi connectivity index (χ4v) is 3.88. The van der Waals surface area contributed by atoms with Gasteiger partial charge in [-0.25, -0.2) is 0 Å². The SMILES string of the molecule is O=C(NC1CCN(CC2CCCC2)C1)C1CCCN1. The smallest absolute Gasteiger partial charge is 0.237 e. The number of nitrogens with one attached hydrogen (secondary N) is 2. The number of likely N-dealkylation sites (tertiary alicyclic amines) is 1. The molecule has 19 heavy (non-hydrogen) atoms. The van der Waals surface area contributed by atoms with Gasteiger partial charge in [0.1, 0.15) is 0 Å². The fourth-order valence-electron chi connectivity index (χ4n) is 3.88. The van der Waals surface area contributed by atoms with E-state index in [1.54, 1.807) is 0 Å². The molecular weight excluding hydrogens is 238 g/mol. The molecule has 2 atom stereocenters. The molecule has 2 aliphatic heterocycles. The first kappa shape index (κ1) is 13.4. The van der Waals surface area contributed by atoms with Crippen LogP contribution >= 0.6 is 0 Å². The minimum Gasteiger partial charge on any atom is -0.351 e. The zero-order valence-corrected chi connectivity index (χ0v) is 11.9. The molecule has 3 fully saturated rings. The molecule has 0 spiro atoms. The Labute approximate surface area is 116 Å². The second-order valence-corrected chi connectivity index (χ2v) is 6.55. The van der Waals surface area contributed by atoms with Gasteiger partial charge in [0.2, 0.25) is 5.91 Å². The van der Waals surface area contributed by atoms with E-state index in [9.17, 15) is 4.79 Å². The van der Waals surface area contributed by atoms with Gasteiger partial charge in [0.05, 0.1) is 6.04 Å². The second-order valence-electron chi connectivity index (χ2n) is 6.55. The molecule has 2 heterocycles. The highest BCUT2D eigenvalue weighted by Gasteiger charge is 2.29. The topological polar surface area (TPSA) is 44.4 Å². The Bertz CT molecular complexity index is 309. The van der Waals surface area contributed by atoms with E-state index in [2.05, 4.69) is 15.5 Å². The van der Waals surface area contributed by atoms with E-state index in [1.165, 1.54) is 38.8 Å². The first-order valence-electron chi connectivity index (χ1n) is 8.07. The summed E-state index contributed by atoms with van der Waals surface area (Å²) < 4.78 is 0. The number of rotatable bonds is 4. The van der Waals surface area contributed by atoms with E-state index in [-0.39, 0.29) is 11.9 Å². The maximum absolute atomic E-state index is 12.1. The highest BCUT2D eigenvalue weighted by Crippen LogP contribution is 2.26. The lowest BCUT2D eigenvalue weighted by Gasteiger charge is -2.21. The van der Waals surface area contributed by atoms with Gasteiger partial charge in [0, 0.05) is 25.7 Å². The standard InChI is InChI=1S/C15H27N3O/c19-15(14-6-3-8-16-14)17-13-7-9-18(11-13)10-12-4-1-2-5-12/h12-14,16H,1-11H2,(H,17,19). The number of hydrogen-bond acceptors (Lipinski definition) is 3. The number of amides is 1. The number of nitrogens with zero attached hydrogens (tertiary/aromatic N) is 1. The summed E-state index contributed by atoms with van der Waals surface area (Å²) in [4.78, 5) is 14.6. The van der Waals surface area contributed by atoms with Gasteiger partial charge >= 0.3 is 0 Å². The molecule has 3 rings (SSSR count). The van der Waals surface area contributed by atoms with E-state index < -0.39 is 0 Å². The van der Waals surface area contributed by atoms with Crippen LogP contribution in [-0.2, 0) is 4.79 Å². The Morgan fingerprint density at radius 1 is 1.16 bits per heavy atom. The summed E-state index contributed by atoms with van der Waals surface area (Å²) in [6.07, 6.45) is 8.95. The number of carbonyl (C=O) groups is 1. The molecule has 2 saturated heterocycles. The van der Waals surface area contributed by atoms with Crippen LogP contribution in [0.25, 0.3) is 0 Å². The predicted octanol–water partition coefficient (Wildman–Crippen LogP) is 1.12. The van der Waals surface area contributed by atoms with Crippen molar-refractivity contribution in [1.29, 1.82) is 0 Å². The van der Waals surface area contributed by atoms with E-state index >= 15 is 0 Å². The summed E-state index contributed by atoms with van der Waals surface area (Å²) in [5, 5.41) is 6.51. The average Bonchev–Trinajstić information content (AvgIpc) is 3.10. The average molecular weight is 265 g/mol. The number of hydrogen-bond donors (Lipinski definition) is 2. The van der Waals surface area contributed by atoms with Crippen molar-refractivity contribution >= 4 is 5.91 Å². The maximum atomic E-state index is 12.1. The summed E-state index contributed by atoms with van der Waals surface area (Å²) in [6, 6.07) is 0.459. The Morgan fingerprint density at radius 3 is 2.74 bits per heavy atom. The van der Waals surface area contributed by atoms with Crippen molar-refractivity contribution < 1.29 is 4.79 Å². The molecule has 2 N–H and O–H groups in total. The molecule has 2 unspecified atom stereocenters. The van der Waals surface area contributed by atoms with Crippen LogP contribution in [0.1, 0.15) is 44.9 Å². The molecule has 4 heteroatoms. The van der Waals surface area contributed by atoms with Crippen molar-refractivity contribution in [2.75, 3.05) is 26.2 Å². The predicted molar refractivity (Wildman–Crippen MR) is 76.0 cm³/mol. The lowest BCUT2D eigenvalue weighted by Crippen LogP contribution is -2.46. The van der Waals surface area contributed by atoms with Crippen molar-refractivity contribution in [2.24, 2.45) is 5.92 Å². The van der Waals surface area contributed by atoms with Crippen LogP contribution in [0, 0.1) is 5.92 Å². The van der Waals surface area contributed by atoms with Gasteiger partial charge in [-0.2, -0.15) is 0 Å². The molecular formula is C15H27N3O. The van der Waals surface area contributed by atoms with Gasteiger partial charge < -0.3 is 15.5 Å². The van der Waals surface area contributed by atoms with Gasteiger partial charge in [-0.05, 0) is 44.6 Å². The summed E-state index contributed by atoms with van der Waals surface area (Å²) in [5.74, 6) is 1.15. The minimum absolute atomic E-state index is 0.0730. The molecule has 1 saturated carbocycles. The Hall–Kier alpha value is -0.610. The largest absolute Gasteiger partial charge is 0.351 e. The van der Waals surface area contributed by atoms with E-state index in [4.69, 9.17) is 0 Å². The first-order valence-corrected chi connectivity index (χ1v) is 8.07. The van der Waals surface area contributed by atoms with Gasteiger partial charge in [0.15, 0.2) is 0 Å². The van der Waals surface area contributed by atoms with Crippen molar-refractivity contribution in [3.8, 4) is 0 Å². The van der Waals surface area contributed by atoms with Crippen molar-refractivity contribution in [2.45, 2.75) is 57.0 Å². The van der Waals surface area contributed by atoms with E-state index in [0.29, 0.717) is 6.04 Å². The third-order valence-corrected chi connectivity index (χ3v) is 4.99. The molecule has 0 radical (unpaired) electrons. The zero-order valence-electron chi connectivity index (χ0n) is 11.9. The lowest BCUT2D eigenvalue weighted by atomic mass is 10.1. The van der Waals surface area contributed by atoms with E-state index in [0.717, 1.165) is 38.3 Å². The number of carbonyl (C=O) groups excluding carboxylic acids is 1. The van der Waals surface area contributed by atoms with Crippen LogP contribution in [-0.4, -0.2) is 49.1 Å². The molecule has 0 aromatic rings. The molecule has 108 valence electrons. The quantitative estimate of drug-likeness (QED) is 0.800. The second kappa shape index (κ2) is 6.23. The molecule has 0 bridgehead atoms. The summed E-state index contributed by atoms with van der Waals surface area (Å²) in [6.45, 7) is 4.49. The Morgan fingerprint density at radius 2 is 2.00 bits per heavy atom. The molecule has 4 nitrogen and oxygen atoms in total. The van der Waals surface area contributed by atoms with Crippen LogP contribution in [0.5, 0.6) is 0 Å². The maximum Gasteiger partial charge on any atom is 0.237 e. The Kier molecular flexibility index (Phi) is 4.38. The van der Waals surface area contributed by atoms with E-state index in [1.807, 2.05) is 0 Å². The third-order valence-electron chi connectivity index (χ3n) is 4.99. The molecule has 1 amide bonds. The zero-order chi connectivity index (χ0) is 13.1. The molecule has 0 aromatic heterocycles. The summed E-state index contributed by atoms with van der Waals surface area (Å²) in [7, 11) is 0. The van der Waals surface area contributed by atoms with Crippen LogP contribution < -0.4 is 10.6 Å². The third kappa shape index (κ3) is 3.48.